The molecule has 0 aliphatic heterocycles. The molecule has 2 aromatic heterocycles. The van der Waals surface area contributed by atoms with Crippen molar-refractivity contribution < 1.29 is 18.1 Å². The summed E-state index contributed by atoms with van der Waals surface area (Å²) in [4.78, 5) is 18.6. The summed E-state index contributed by atoms with van der Waals surface area (Å²) >= 11 is 0. The summed E-state index contributed by atoms with van der Waals surface area (Å²) in [6.07, 6.45) is 0.0868. The van der Waals surface area contributed by atoms with Gasteiger partial charge in [-0.3, -0.25) is 9.78 Å². The maximum Gasteiger partial charge on any atom is 0.296 e. The van der Waals surface area contributed by atoms with Gasteiger partial charge < -0.3 is 4.52 Å². The molecule has 0 N–H and O–H groups in total. The topological polar surface area (TPSA) is 68.9 Å². The monoisotopic (exact) mass is 253 g/mol. The maximum absolute atomic E-state index is 12.0. The second kappa shape index (κ2) is 5.44. The molecule has 0 amide bonds. The number of aromatic nitrogens is 3. The lowest BCUT2D eigenvalue weighted by molar-refractivity contribution is -0.129. The summed E-state index contributed by atoms with van der Waals surface area (Å²) in [5.74, 6) is -0.995. The third kappa shape index (κ3) is 3.16. The molecule has 5 nitrogen and oxygen atoms in total. The van der Waals surface area contributed by atoms with Crippen molar-refractivity contribution in [2.75, 3.05) is 0 Å². The molecule has 0 spiro atoms. The number of carbonyl (C=O) groups is 1. The van der Waals surface area contributed by atoms with Crippen molar-refractivity contribution in [3.63, 3.8) is 0 Å². The minimum Gasteiger partial charge on any atom is -0.339 e. The lowest BCUT2D eigenvalue weighted by Crippen LogP contribution is -2.13. The Hall–Kier alpha value is -2.18. The number of ketones is 1. The van der Waals surface area contributed by atoms with E-state index < -0.39 is 18.6 Å². The molecule has 0 aliphatic carbocycles. The van der Waals surface area contributed by atoms with Crippen molar-refractivity contribution in [2.24, 2.45) is 0 Å². The molecule has 2 aromatic rings. The standard InChI is InChI=1S/C11H9F2N3O2/c12-11(13)8(17)5-10-15-9(16-18-10)4-7-2-1-3-14-6-7/h1-3,6,11H,4-5H2. The second-order valence-corrected chi connectivity index (χ2v) is 3.59. The van der Waals surface area contributed by atoms with Crippen LogP contribution in [0.5, 0.6) is 0 Å². The summed E-state index contributed by atoms with van der Waals surface area (Å²) in [6, 6.07) is 3.59. The highest BCUT2D eigenvalue weighted by Crippen LogP contribution is 2.07. The van der Waals surface area contributed by atoms with Gasteiger partial charge in [-0.2, -0.15) is 4.98 Å². The number of carbonyl (C=O) groups excluding carboxylic acids is 1. The van der Waals surface area contributed by atoms with Crippen LogP contribution in [0.3, 0.4) is 0 Å². The smallest absolute Gasteiger partial charge is 0.296 e. The predicted molar refractivity (Wildman–Crippen MR) is 56.1 cm³/mol. The first-order valence-corrected chi connectivity index (χ1v) is 5.16. The Bertz CT molecular complexity index is 528. The van der Waals surface area contributed by atoms with Crippen LogP contribution >= 0.6 is 0 Å². The van der Waals surface area contributed by atoms with Crippen LogP contribution in [-0.4, -0.2) is 27.3 Å². The fraction of sp³-hybridized carbons (Fsp3) is 0.273. The Morgan fingerprint density at radius 2 is 2.28 bits per heavy atom. The van der Waals surface area contributed by atoms with E-state index in [1.807, 2.05) is 6.07 Å². The molecule has 0 fully saturated rings. The summed E-state index contributed by atoms with van der Waals surface area (Å²) in [5, 5.41) is 3.61. The molecule has 0 saturated heterocycles. The van der Waals surface area contributed by atoms with Crippen molar-refractivity contribution in [3.8, 4) is 0 Å². The first-order valence-electron chi connectivity index (χ1n) is 5.16. The van der Waals surface area contributed by atoms with Crippen molar-refractivity contribution in [1.82, 2.24) is 15.1 Å². The number of Topliss-reactive ketones (excluding diaryl/α,β-unsaturated/α-hetero) is 1. The zero-order chi connectivity index (χ0) is 13.0. The lowest BCUT2D eigenvalue weighted by Gasteiger charge is -1.94. The van der Waals surface area contributed by atoms with E-state index in [0.717, 1.165) is 5.56 Å². The number of nitrogens with zero attached hydrogens (tertiary/aromatic N) is 3. The summed E-state index contributed by atoms with van der Waals surface area (Å²) in [5.41, 5.74) is 0.866. The van der Waals surface area contributed by atoms with Crippen LogP contribution in [0.2, 0.25) is 0 Å². The van der Waals surface area contributed by atoms with Crippen molar-refractivity contribution in [2.45, 2.75) is 19.3 Å². The van der Waals surface area contributed by atoms with Gasteiger partial charge in [0.15, 0.2) is 5.82 Å². The summed E-state index contributed by atoms with van der Waals surface area (Å²) in [6.45, 7) is 0. The average Bonchev–Trinajstić information content (AvgIpc) is 2.77. The van der Waals surface area contributed by atoms with E-state index in [9.17, 15) is 13.6 Å². The number of hydrogen-bond acceptors (Lipinski definition) is 5. The van der Waals surface area contributed by atoms with Gasteiger partial charge in [-0.1, -0.05) is 11.2 Å². The maximum atomic E-state index is 12.0. The Morgan fingerprint density at radius 3 is 2.94 bits per heavy atom. The number of alkyl halides is 2. The fourth-order valence-corrected chi connectivity index (χ4v) is 1.35. The molecule has 0 aliphatic rings. The molecular weight excluding hydrogens is 244 g/mol. The van der Waals surface area contributed by atoms with E-state index in [2.05, 4.69) is 15.1 Å². The quantitative estimate of drug-likeness (QED) is 0.806. The second-order valence-electron chi connectivity index (χ2n) is 3.59. The number of halogens is 2. The normalized spacial score (nSPS) is 10.8. The van der Waals surface area contributed by atoms with Gasteiger partial charge in [0.1, 0.15) is 0 Å². The Morgan fingerprint density at radius 1 is 1.44 bits per heavy atom. The highest BCUT2D eigenvalue weighted by molar-refractivity contribution is 5.82. The fourth-order valence-electron chi connectivity index (χ4n) is 1.35. The largest absolute Gasteiger partial charge is 0.339 e. The van der Waals surface area contributed by atoms with Crippen LogP contribution in [0.4, 0.5) is 8.78 Å². The van der Waals surface area contributed by atoms with E-state index >= 15 is 0 Å². The molecule has 94 valence electrons. The highest BCUT2D eigenvalue weighted by Gasteiger charge is 2.19. The Balaban J connectivity index is 2.00. The zero-order valence-corrected chi connectivity index (χ0v) is 9.22. The average molecular weight is 253 g/mol. The molecule has 0 aromatic carbocycles. The van der Waals surface area contributed by atoms with Gasteiger partial charge in [-0.15, -0.1) is 0 Å². The third-order valence-corrected chi connectivity index (χ3v) is 2.16. The van der Waals surface area contributed by atoms with Gasteiger partial charge in [0, 0.05) is 18.8 Å². The molecule has 0 radical (unpaired) electrons. The number of rotatable bonds is 5. The van der Waals surface area contributed by atoms with Gasteiger partial charge in [-0.05, 0) is 11.6 Å². The van der Waals surface area contributed by atoms with Crippen LogP contribution in [0.15, 0.2) is 29.0 Å². The first kappa shape index (κ1) is 12.3. The van der Waals surface area contributed by atoms with E-state index in [0.29, 0.717) is 12.2 Å². The molecule has 0 unspecified atom stereocenters. The summed E-state index contributed by atoms with van der Waals surface area (Å²) < 4.78 is 28.8. The first-order chi connectivity index (χ1) is 8.65. The van der Waals surface area contributed by atoms with Crippen LogP contribution in [-0.2, 0) is 17.6 Å². The van der Waals surface area contributed by atoms with E-state index in [1.165, 1.54) is 0 Å². The van der Waals surface area contributed by atoms with Crippen molar-refractivity contribution in [3.05, 3.63) is 41.8 Å². The Kier molecular flexibility index (Phi) is 3.71. The van der Waals surface area contributed by atoms with E-state index in [4.69, 9.17) is 4.52 Å². The van der Waals surface area contributed by atoms with E-state index in [-0.39, 0.29) is 5.89 Å². The molecule has 7 heteroatoms. The number of pyridine rings is 1. The summed E-state index contributed by atoms with van der Waals surface area (Å²) in [7, 11) is 0. The van der Waals surface area contributed by atoms with Crippen LogP contribution in [0, 0.1) is 0 Å². The van der Waals surface area contributed by atoms with E-state index in [1.54, 1.807) is 18.5 Å². The third-order valence-electron chi connectivity index (χ3n) is 2.16. The minimum atomic E-state index is -3.02. The van der Waals surface area contributed by atoms with Gasteiger partial charge in [0.05, 0.1) is 6.42 Å². The molecular formula is C11H9F2N3O2. The predicted octanol–water partition coefficient (Wildman–Crippen LogP) is 1.43. The van der Waals surface area contributed by atoms with Gasteiger partial charge in [-0.25, -0.2) is 8.78 Å². The molecule has 0 saturated carbocycles. The van der Waals surface area contributed by atoms with Gasteiger partial charge in [0.25, 0.3) is 6.43 Å². The van der Waals surface area contributed by atoms with Crippen molar-refractivity contribution >= 4 is 5.78 Å². The van der Waals surface area contributed by atoms with Crippen LogP contribution in [0.25, 0.3) is 0 Å². The SMILES string of the molecule is O=C(Cc1nc(Cc2cccnc2)no1)C(F)F. The lowest BCUT2D eigenvalue weighted by atomic mass is 10.2. The van der Waals surface area contributed by atoms with Crippen LogP contribution < -0.4 is 0 Å². The molecule has 0 atom stereocenters. The number of hydrogen-bond donors (Lipinski definition) is 0. The Labute approximate surface area is 101 Å². The zero-order valence-electron chi connectivity index (χ0n) is 9.22. The van der Waals surface area contributed by atoms with Gasteiger partial charge >= 0.3 is 0 Å². The molecule has 2 rings (SSSR count). The van der Waals surface area contributed by atoms with Crippen molar-refractivity contribution in [1.29, 1.82) is 0 Å². The van der Waals surface area contributed by atoms with Crippen LogP contribution in [0.1, 0.15) is 17.3 Å². The highest BCUT2D eigenvalue weighted by atomic mass is 19.3. The van der Waals surface area contributed by atoms with Gasteiger partial charge in [0.2, 0.25) is 11.7 Å². The molecule has 2 heterocycles. The molecule has 18 heavy (non-hydrogen) atoms. The molecule has 0 bridgehead atoms. The minimum absolute atomic E-state index is 0.0980.